The van der Waals surface area contributed by atoms with Crippen molar-refractivity contribution in [3.8, 4) is 0 Å². The lowest BCUT2D eigenvalue weighted by Crippen LogP contribution is -2.34. The molecule has 5 unspecified atom stereocenters. The molecular formula is C18H34. The molecule has 18 heavy (non-hydrogen) atoms. The molecule has 0 aliphatic heterocycles. The highest BCUT2D eigenvalue weighted by molar-refractivity contribution is 4.99. The van der Waals surface area contributed by atoms with Crippen molar-refractivity contribution in [3.05, 3.63) is 0 Å². The lowest BCUT2D eigenvalue weighted by Gasteiger charge is -2.44. The Hall–Kier alpha value is 0. The van der Waals surface area contributed by atoms with E-state index >= 15 is 0 Å². The minimum absolute atomic E-state index is 0.757. The van der Waals surface area contributed by atoms with Crippen molar-refractivity contribution >= 4 is 0 Å². The second-order valence-corrected chi connectivity index (χ2v) is 7.48. The molecule has 2 aliphatic carbocycles. The molecule has 0 aromatic rings. The third-order valence-electron chi connectivity index (χ3n) is 6.31. The first-order valence-electron chi connectivity index (χ1n) is 8.65. The highest BCUT2D eigenvalue weighted by Gasteiger charge is 2.49. The van der Waals surface area contributed by atoms with Gasteiger partial charge in [0.05, 0.1) is 0 Å². The van der Waals surface area contributed by atoms with Gasteiger partial charge in [-0.05, 0) is 54.8 Å². The minimum atomic E-state index is 0.757. The summed E-state index contributed by atoms with van der Waals surface area (Å²) in [5.41, 5.74) is 0.757. The molecule has 2 saturated carbocycles. The number of hydrogen-bond donors (Lipinski definition) is 0. The van der Waals surface area contributed by atoms with Crippen LogP contribution in [0.5, 0.6) is 0 Å². The molecule has 0 radical (unpaired) electrons. The molecule has 0 N–H and O–H groups in total. The Kier molecular flexibility index (Phi) is 4.78. The highest BCUT2D eigenvalue weighted by atomic mass is 14.5. The van der Waals surface area contributed by atoms with E-state index in [0.29, 0.717) is 0 Å². The maximum Gasteiger partial charge on any atom is -0.0261 e. The summed E-state index contributed by atoms with van der Waals surface area (Å²) in [6.07, 6.45) is 13.4. The van der Waals surface area contributed by atoms with Gasteiger partial charge in [-0.1, -0.05) is 59.8 Å². The van der Waals surface area contributed by atoms with E-state index in [9.17, 15) is 0 Å². The average Bonchev–Trinajstić information content (AvgIpc) is 2.68. The predicted octanol–water partition coefficient (Wildman–Crippen LogP) is 6.06. The molecule has 5 atom stereocenters. The molecule has 2 rings (SSSR count). The highest BCUT2D eigenvalue weighted by Crippen LogP contribution is 2.59. The Labute approximate surface area is 115 Å². The molecule has 2 fully saturated rings. The molecule has 106 valence electrons. The van der Waals surface area contributed by atoms with Gasteiger partial charge in [-0.2, -0.15) is 0 Å². The SMILES string of the molecule is CCCC1CC2(CC(C)CCC2CC)CC1CC. The van der Waals surface area contributed by atoms with Crippen LogP contribution < -0.4 is 0 Å². The van der Waals surface area contributed by atoms with E-state index in [1.165, 1.54) is 38.5 Å². The fourth-order valence-corrected chi connectivity index (χ4v) is 5.54. The van der Waals surface area contributed by atoms with E-state index in [-0.39, 0.29) is 0 Å². The van der Waals surface area contributed by atoms with Crippen LogP contribution in [0.1, 0.15) is 85.5 Å². The Morgan fingerprint density at radius 1 is 0.889 bits per heavy atom. The summed E-state index contributed by atoms with van der Waals surface area (Å²) < 4.78 is 0. The van der Waals surface area contributed by atoms with Gasteiger partial charge in [-0.25, -0.2) is 0 Å². The Morgan fingerprint density at radius 2 is 1.61 bits per heavy atom. The molecule has 1 spiro atoms. The van der Waals surface area contributed by atoms with Crippen LogP contribution in [0, 0.1) is 29.1 Å². The Morgan fingerprint density at radius 3 is 2.22 bits per heavy atom. The standard InChI is InChI=1S/C18H34/c1-5-8-16-13-18(12-15(16)6-2)11-14(4)9-10-17(18)7-3/h14-17H,5-13H2,1-4H3. The summed E-state index contributed by atoms with van der Waals surface area (Å²) >= 11 is 0. The molecule has 0 heterocycles. The summed E-state index contributed by atoms with van der Waals surface area (Å²) in [6.45, 7) is 9.75. The van der Waals surface area contributed by atoms with Gasteiger partial charge in [0.2, 0.25) is 0 Å². The Bertz CT molecular complexity index is 257. The van der Waals surface area contributed by atoms with E-state index in [4.69, 9.17) is 0 Å². The largest absolute Gasteiger partial charge is 0.0654 e. The smallest absolute Gasteiger partial charge is 0.0261 e. The van der Waals surface area contributed by atoms with Crippen LogP contribution in [0.15, 0.2) is 0 Å². The van der Waals surface area contributed by atoms with Gasteiger partial charge >= 0.3 is 0 Å². The summed E-state index contributed by atoms with van der Waals surface area (Å²) in [5, 5.41) is 0. The van der Waals surface area contributed by atoms with Gasteiger partial charge in [0.1, 0.15) is 0 Å². The van der Waals surface area contributed by atoms with Crippen LogP contribution in [-0.4, -0.2) is 0 Å². The average molecular weight is 250 g/mol. The lowest BCUT2D eigenvalue weighted by molar-refractivity contribution is 0.0592. The van der Waals surface area contributed by atoms with E-state index < -0.39 is 0 Å². The fourth-order valence-electron chi connectivity index (χ4n) is 5.54. The molecular weight excluding hydrogens is 216 g/mol. The van der Waals surface area contributed by atoms with E-state index in [2.05, 4.69) is 27.7 Å². The zero-order chi connectivity index (χ0) is 13.2. The van der Waals surface area contributed by atoms with Crippen molar-refractivity contribution in [2.75, 3.05) is 0 Å². The van der Waals surface area contributed by atoms with Gasteiger partial charge in [0, 0.05) is 0 Å². The molecule has 0 heteroatoms. The molecule has 0 aromatic carbocycles. The van der Waals surface area contributed by atoms with Crippen LogP contribution in [0.25, 0.3) is 0 Å². The normalized spacial score (nSPS) is 44.7. The van der Waals surface area contributed by atoms with Crippen molar-refractivity contribution in [1.29, 1.82) is 0 Å². The number of hydrogen-bond acceptors (Lipinski definition) is 0. The second kappa shape index (κ2) is 5.97. The topological polar surface area (TPSA) is 0 Å². The van der Waals surface area contributed by atoms with Crippen LogP contribution >= 0.6 is 0 Å². The van der Waals surface area contributed by atoms with Gasteiger partial charge in [-0.15, -0.1) is 0 Å². The van der Waals surface area contributed by atoms with Crippen molar-refractivity contribution < 1.29 is 0 Å². The first kappa shape index (κ1) is 14.4. The quantitative estimate of drug-likeness (QED) is 0.569. The van der Waals surface area contributed by atoms with E-state index in [1.807, 2.05) is 0 Å². The second-order valence-electron chi connectivity index (χ2n) is 7.48. The zero-order valence-electron chi connectivity index (χ0n) is 13.2. The lowest BCUT2D eigenvalue weighted by atomic mass is 9.61. The predicted molar refractivity (Wildman–Crippen MR) is 80.6 cm³/mol. The van der Waals surface area contributed by atoms with Crippen LogP contribution in [0.2, 0.25) is 0 Å². The number of rotatable bonds is 4. The monoisotopic (exact) mass is 250 g/mol. The summed E-state index contributed by atoms with van der Waals surface area (Å²) in [5.74, 6) is 4.14. The van der Waals surface area contributed by atoms with Crippen molar-refractivity contribution in [3.63, 3.8) is 0 Å². The minimum Gasteiger partial charge on any atom is -0.0654 e. The molecule has 0 nitrogen and oxygen atoms in total. The molecule has 0 aromatic heterocycles. The molecule has 0 saturated heterocycles. The van der Waals surface area contributed by atoms with Gasteiger partial charge in [0.15, 0.2) is 0 Å². The van der Waals surface area contributed by atoms with Crippen LogP contribution in [0.3, 0.4) is 0 Å². The maximum absolute atomic E-state index is 2.50. The third-order valence-corrected chi connectivity index (χ3v) is 6.31. The Balaban J connectivity index is 2.13. The van der Waals surface area contributed by atoms with Crippen LogP contribution in [-0.2, 0) is 0 Å². The van der Waals surface area contributed by atoms with Crippen molar-refractivity contribution in [2.24, 2.45) is 29.1 Å². The molecule has 0 amide bonds. The fraction of sp³-hybridized carbons (Fsp3) is 1.00. The van der Waals surface area contributed by atoms with Crippen LogP contribution in [0.4, 0.5) is 0 Å². The van der Waals surface area contributed by atoms with E-state index in [0.717, 1.165) is 29.1 Å². The molecule has 2 aliphatic rings. The summed E-state index contributed by atoms with van der Waals surface area (Å²) in [6, 6.07) is 0. The van der Waals surface area contributed by atoms with Gasteiger partial charge in [0.25, 0.3) is 0 Å². The van der Waals surface area contributed by atoms with E-state index in [1.54, 1.807) is 19.3 Å². The van der Waals surface area contributed by atoms with Gasteiger partial charge < -0.3 is 0 Å². The maximum atomic E-state index is 2.50. The molecule has 0 bridgehead atoms. The third kappa shape index (κ3) is 2.63. The van der Waals surface area contributed by atoms with Gasteiger partial charge in [-0.3, -0.25) is 0 Å². The summed E-state index contributed by atoms with van der Waals surface area (Å²) in [7, 11) is 0. The first-order chi connectivity index (χ1) is 8.65. The first-order valence-corrected chi connectivity index (χ1v) is 8.65. The summed E-state index contributed by atoms with van der Waals surface area (Å²) in [4.78, 5) is 0. The zero-order valence-corrected chi connectivity index (χ0v) is 13.2. The van der Waals surface area contributed by atoms with Crippen molar-refractivity contribution in [2.45, 2.75) is 85.5 Å². The van der Waals surface area contributed by atoms with Crippen molar-refractivity contribution in [1.82, 2.24) is 0 Å².